The zero-order valence-corrected chi connectivity index (χ0v) is 12.0. The SMILES string of the molecule is Cc1ccc(CN(C)C(=O)C2CCCN(C(N)=O)C2)o1. The summed E-state index contributed by atoms with van der Waals surface area (Å²) in [5, 5.41) is 0. The number of amides is 3. The van der Waals surface area contributed by atoms with Crippen LogP contribution < -0.4 is 5.73 Å². The topological polar surface area (TPSA) is 79.8 Å². The van der Waals surface area contributed by atoms with E-state index < -0.39 is 6.03 Å². The molecule has 1 aliphatic rings. The number of likely N-dealkylation sites (tertiary alicyclic amines) is 1. The first-order chi connectivity index (χ1) is 9.47. The van der Waals surface area contributed by atoms with Gasteiger partial charge >= 0.3 is 6.03 Å². The molecule has 1 saturated heterocycles. The van der Waals surface area contributed by atoms with E-state index in [1.807, 2.05) is 19.1 Å². The van der Waals surface area contributed by atoms with Gasteiger partial charge in [-0.3, -0.25) is 4.79 Å². The summed E-state index contributed by atoms with van der Waals surface area (Å²) < 4.78 is 5.47. The van der Waals surface area contributed by atoms with E-state index >= 15 is 0 Å². The summed E-state index contributed by atoms with van der Waals surface area (Å²) in [6.07, 6.45) is 1.61. The predicted octanol–water partition coefficient (Wildman–Crippen LogP) is 1.34. The van der Waals surface area contributed by atoms with Crippen LogP contribution in [0.5, 0.6) is 0 Å². The Morgan fingerprint density at radius 1 is 1.50 bits per heavy atom. The van der Waals surface area contributed by atoms with E-state index in [4.69, 9.17) is 10.2 Å². The molecule has 1 aromatic heterocycles. The number of piperidine rings is 1. The minimum absolute atomic E-state index is 0.0324. The van der Waals surface area contributed by atoms with Gasteiger partial charge in [-0.1, -0.05) is 0 Å². The van der Waals surface area contributed by atoms with Crippen LogP contribution in [-0.4, -0.2) is 41.9 Å². The van der Waals surface area contributed by atoms with Crippen molar-refractivity contribution in [3.63, 3.8) is 0 Å². The standard InChI is InChI=1S/C14H21N3O3/c1-10-5-6-12(20-10)9-16(2)13(18)11-4-3-7-17(8-11)14(15)19/h5-6,11H,3-4,7-9H2,1-2H3,(H2,15,19). The molecule has 0 saturated carbocycles. The quantitative estimate of drug-likeness (QED) is 0.906. The average molecular weight is 279 g/mol. The Hall–Kier alpha value is -1.98. The summed E-state index contributed by atoms with van der Waals surface area (Å²) in [6, 6.07) is 3.30. The van der Waals surface area contributed by atoms with Crippen molar-refractivity contribution in [3.8, 4) is 0 Å². The van der Waals surface area contributed by atoms with E-state index in [1.165, 1.54) is 4.90 Å². The van der Waals surface area contributed by atoms with Crippen LogP contribution in [0.2, 0.25) is 0 Å². The van der Waals surface area contributed by atoms with Gasteiger partial charge in [0.25, 0.3) is 0 Å². The Morgan fingerprint density at radius 3 is 2.85 bits per heavy atom. The first kappa shape index (κ1) is 14.4. The molecule has 2 heterocycles. The maximum absolute atomic E-state index is 12.4. The lowest BCUT2D eigenvalue weighted by molar-refractivity contribution is -0.136. The predicted molar refractivity (Wildman–Crippen MR) is 73.8 cm³/mol. The van der Waals surface area contributed by atoms with Gasteiger partial charge in [-0.2, -0.15) is 0 Å². The van der Waals surface area contributed by atoms with E-state index in [0.717, 1.165) is 24.4 Å². The number of primary amides is 1. The van der Waals surface area contributed by atoms with Gasteiger partial charge in [-0.15, -0.1) is 0 Å². The fourth-order valence-corrected chi connectivity index (χ4v) is 2.57. The second kappa shape index (κ2) is 5.98. The van der Waals surface area contributed by atoms with Crippen molar-refractivity contribution in [1.29, 1.82) is 0 Å². The molecule has 0 bridgehead atoms. The van der Waals surface area contributed by atoms with Gasteiger partial charge in [0, 0.05) is 20.1 Å². The smallest absolute Gasteiger partial charge is 0.314 e. The van der Waals surface area contributed by atoms with Crippen molar-refractivity contribution in [2.24, 2.45) is 11.7 Å². The van der Waals surface area contributed by atoms with Gasteiger partial charge in [0.05, 0.1) is 12.5 Å². The number of hydrogen-bond acceptors (Lipinski definition) is 3. The molecule has 6 nitrogen and oxygen atoms in total. The van der Waals surface area contributed by atoms with Crippen molar-refractivity contribution in [2.45, 2.75) is 26.3 Å². The number of hydrogen-bond donors (Lipinski definition) is 1. The molecule has 0 aliphatic carbocycles. The first-order valence-electron chi connectivity index (χ1n) is 6.82. The number of aryl methyl sites for hydroxylation is 1. The van der Waals surface area contributed by atoms with Gasteiger partial charge in [0.1, 0.15) is 11.5 Å². The molecule has 110 valence electrons. The van der Waals surface area contributed by atoms with E-state index in [-0.39, 0.29) is 11.8 Å². The van der Waals surface area contributed by atoms with E-state index in [0.29, 0.717) is 19.6 Å². The van der Waals surface area contributed by atoms with Crippen molar-refractivity contribution in [2.75, 3.05) is 20.1 Å². The van der Waals surface area contributed by atoms with Crippen molar-refractivity contribution in [3.05, 3.63) is 23.7 Å². The number of carbonyl (C=O) groups is 2. The third-order valence-corrected chi connectivity index (χ3v) is 3.65. The molecule has 1 fully saturated rings. The third-order valence-electron chi connectivity index (χ3n) is 3.65. The first-order valence-corrected chi connectivity index (χ1v) is 6.82. The highest BCUT2D eigenvalue weighted by atomic mass is 16.3. The van der Waals surface area contributed by atoms with Crippen LogP contribution in [0.3, 0.4) is 0 Å². The van der Waals surface area contributed by atoms with E-state index in [9.17, 15) is 9.59 Å². The van der Waals surface area contributed by atoms with Crippen LogP contribution >= 0.6 is 0 Å². The molecular formula is C14H21N3O3. The van der Waals surface area contributed by atoms with Gasteiger partial charge < -0.3 is 20.0 Å². The maximum atomic E-state index is 12.4. The number of carbonyl (C=O) groups excluding carboxylic acids is 2. The summed E-state index contributed by atoms with van der Waals surface area (Å²) in [5.41, 5.74) is 5.28. The second-order valence-electron chi connectivity index (χ2n) is 5.33. The monoisotopic (exact) mass is 279 g/mol. The fraction of sp³-hybridized carbons (Fsp3) is 0.571. The molecule has 1 atom stereocenters. The van der Waals surface area contributed by atoms with Crippen LogP contribution in [0.15, 0.2) is 16.5 Å². The zero-order chi connectivity index (χ0) is 14.7. The Balaban J connectivity index is 1.94. The molecule has 1 aliphatic heterocycles. The Bertz CT molecular complexity index is 498. The van der Waals surface area contributed by atoms with Gasteiger partial charge in [0.15, 0.2) is 0 Å². The number of urea groups is 1. The van der Waals surface area contributed by atoms with Gasteiger partial charge in [-0.25, -0.2) is 4.79 Å². The molecule has 0 radical (unpaired) electrons. The van der Waals surface area contributed by atoms with Crippen molar-refractivity contribution in [1.82, 2.24) is 9.80 Å². The molecule has 2 N–H and O–H groups in total. The molecule has 0 aromatic carbocycles. The lowest BCUT2D eigenvalue weighted by Gasteiger charge is -2.32. The summed E-state index contributed by atoms with van der Waals surface area (Å²) in [4.78, 5) is 26.8. The number of rotatable bonds is 3. The highest BCUT2D eigenvalue weighted by Gasteiger charge is 2.29. The van der Waals surface area contributed by atoms with E-state index in [1.54, 1.807) is 11.9 Å². The minimum atomic E-state index is -0.452. The van der Waals surface area contributed by atoms with E-state index in [2.05, 4.69) is 0 Å². The van der Waals surface area contributed by atoms with Crippen LogP contribution in [0.25, 0.3) is 0 Å². The molecule has 2 rings (SSSR count). The van der Waals surface area contributed by atoms with Crippen LogP contribution in [0.1, 0.15) is 24.4 Å². The average Bonchev–Trinajstić information content (AvgIpc) is 2.83. The largest absolute Gasteiger partial charge is 0.464 e. The van der Waals surface area contributed by atoms with Crippen molar-refractivity contribution >= 4 is 11.9 Å². The Labute approximate surface area is 118 Å². The number of furan rings is 1. The summed E-state index contributed by atoms with van der Waals surface area (Å²) >= 11 is 0. The number of nitrogens with two attached hydrogens (primary N) is 1. The van der Waals surface area contributed by atoms with Gasteiger partial charge in [0.2, 0.25) is 5.91 Å². The molecule has 3 amide bonds. The second-order valence-corrected chi connectivity index (χ2v) is 5.33. The zero-order valence-electron chi connectivity index (χ0n) is 12.0. The highest BCUT2D eigenvalue weighted by molar-refractivity contribution is 5.80. The molecule has 0 spiro atoms. The summed E-state index contributed by atoms with van der Waals surface area (Å²) in [6.45, 7) is 3.37. The summed E-state index contributed by atoms with van der Waals surface area (Å²) in [5.74, 6) is 1.46. The lowest BCUT2D eigenvalue weighted by atomic mass is 9.97. The molecular weight excluding hydrogens is 258 g/mol. The maximum Gasteiger partial charge on any atom is 0.314 e. The van der Waals surface area contributed by atoms with Crippen LogP contribution in [0.4, 0.5) is 4.79 Å². The third kappa shape index (κ3) is 3.31. The molecule has 1 unspecified atom stereocenters. The number of nitrogens with zero attached hydrogens (tertiary/aromatic N) is 2. The molecule has 1 aromatic rings. The molecule has 20 heavy (non-hydrogen) atoms. The van der Waals surface area contributed by atoms with Gasteiger partial charge in [-0.05, 0) is 31.9 Å². The lowest BCUT2D eigenvalue weighted by Crippen LogP contribution is -2.47. The minimum Gasteiger partial charge on any atom is -0.464 e. The van der Waals surface area contributed by atoms with Crippen LogP contribution in [-0.2, 0) is 11.3 Å². The van der Waals surface area contributed by atoms with Crippen molar-refractivity contribution < 1.29 is 14.0 Å². The fourth-order valence-electron chi connectivity index (χ4n) is 2.57. The Kier molecular flexibility index (Phi) is 4.32. The molecule has 6 heteroatoms. The van der Waals surface area contributed by atoms with Crippen LogP contribution in [0, 0.1) is 12.8 Å². The Morgan fingerprint density at radius 2 is 2.25 bits per heavy atom. The summed E-state index contributed by atoms with van der Waals surface area (Å²) in [7, 11) is 1.75. The normalized spacial score (nSPS) is 18.9. The highest BCUT2D eigenvalue weighted by Crippen LogP contribution is 2.19.